The van der Waals surface area contributed by atoms with Crippen molar-refractivity contribution >= 4 is 11.6 Å². The van der Waals surface area contributed by atoms with Gasteiger partial charge in [-0.05, 0) is 36.2 Å². The van der Waals surface area contributed by atoms with Crippen molar-refractivity contribution in [3.8, 4) is 5.75 Å². The Kier molecular flexibility index (Phi) is 8.53. The summed E-state index contributed by atoms with van der Waals surface area (Å²) >= 11 is 0. The van der Waals surface area contributed by atoms with E-state index in [2.05, 4.69) is 9.72 Å². The van der Waals surface area contributed by atoms with E-state index in [4.69, 9.17) is 0 Å². The summed E-state index contributed by atoms with van der Waals surface area (Å²) in [4.78, 5) is 20.9. The van der Waals surface area contributed by atoms with E-state index >= 15 is 0 Å². The third-order valence-corrected chi connectivity index (χ3v) is 6.60. The molecule has 3 aromatic rings. The molecule has 1 fully saturated rings. The number of imidazole rings is 1. The van der Waals surface area contributed by atoms with Crippen LogP contribution in [0.2, 0.25) is 0 Å². The highest BCUT2D eigenvalue weighted by atomic mass is 19.4. The Labute approximate surface area is 221 Å². The Morgan fingerprint density at radius 3 is 2.44 bits per heavy atom. The minimum Gasteiger partial charge on any atom is -0.406 e. The third kappa shape index (κ3) is 7.53. The van der Waals surface area contributed by atoms with Crippen molar-refractivity contribution in [2.75, 3.05) is 18.0 Å². The Hall–Kier alpha value is -3.54. The molecule has 12 heteroatoms. The summed E-state index contributed by atoms with van der Waals surface area (Å²) in [6.07, 6.45) is -3.40. The summed E-state index contributed by atoms with van der Waals surface area (Å²) < 4.78 is 82.6. The van der Waals surface area contributed by atoms with Gasteiger partial charge in [-0.15, -0.1) is 13.2 Å². The van der Waals surface area contributed by atoms with Gasteiger partial charge in [0.2, 0.25) is 5.91 Å². The number of rotatable bonds is 9. The van der Waals surface area contributed by atoms with E-state index in [1.807, 2.05) is 16.4 Å². The number of ether oxygens (including phenoxy) is 1. The SMILES string of the molecule is CCCCC1CN(c2cccc(OC(F)(F)F)c2)C(=O)CN1Cc1cncn1Cc1ccc(C(F)(F)F)cc1. The lowest BCUT2D eigenvalue weighted by atomic mass is 10.0. The van der Waals surface area contributed by atoms with Gasteiger partial charge in [-0.25, -0.2) is 4.98 Å². The molecule has 0 bridgehead atoms. The zero-order valence-corrected chi connectivity index (χ0v) is 21.2. The number of piperazine rings is 1. The van der Waals surface area contributed by atoms with Crippen LogP contribution in [0.25, 0.3) is 0 Å². The quantitative estimate of drug-likeness (QED) is 0.293. The fourth-order valence-electron chi connectivity index (χ4n) is 4.64. The normalized spacial score (nSPS) is 17.1. The molecule has 4 rings (SSSR count). The van der Waals surface area contributed by atoms with E-state index in [0.29, 0.717) is 30.9 Å². The fourth-order valence-corrected chi connectivity index (χ4v) is 4.64. The van der Waals surface area contributed by atoms with Crippen molar-refractivity contribution in [3.05, 3.63) is 77.9 Å². The first-order chi connectivity index (χ1) is 18.4. The summed E-state index contributed by atoms with van der Waals surface area (Å²) in [6.45, 7) is 3.08. The largest absolute Gasteiger partial charge is 0.573 e. The number of hydrogen-bond acceptors (Lipinski definition) is 4. The number of halogens is 6. The molecule has 39 heavy (non-hydrogen) atoms. The van der Waals surface area contributed by atoms with E-state index in [0.717, 1.165) is 37.1 Å². The zero-order valence-electron chi connectivity index (χ0n) is 21.2. The second-order valence-corrected chi connectivity index (χ2v) is 9.46. The van der Waals surface area contributed by atoms with E-state index in [-0.39, 0.29) is 18.5 Å². The summed E-state index contributed by atoms with van der Waals surface area (Å²) in [7, 11) is 0. The first kappa shape index (κ1) is 28.5. The second-order valence-electron chi connectivity index (χ2n) is 9.46. The molecule has 1 saturated heterocycles. The first-order valence-corrected chi connectivity index (χ1v) is 12.5. The summed E-state index contributed by atoms with van der Waals surface area (Å²) in [5, 5.41) is 0. The van der Waals surface area contributed by atoms with E-state index in [1.165, 1.54) is 35.2 Å². The van der Waals surface area contributed by atoms with E-state index in [1.54, 1.807) is 18.6 Å². The molecule has 0 radical (unpaired) electrons. The van der Waals surface area contributed by atoms with Crippen LogP contribution in [0.15, 0.2) is 61.1 Å². The topological polar surface area (TPSA) is 50.6 Å². The molecule has 0 spiro atoms. The van der Waals surface area contributed by atoms with Crippen LogP contribution in [-0.2, 0) is 24.1 Å². The number of nitrogens with zero attached hydrogens (tertiary/aromatic N) is 4. The van der Waals surface area contributed by atoms with Gasteiger partial charge >= 0.3 is 12.5 Å². The number of aromatic nitrogens is 2. The fraction of sp³-hybridized carbons (Fsp3) is 0.407. The van der Waals surface area contributed by atoms with Gasteiger partial charge in [0.05, 0.1) is 24.1 Å². The van der Waals surface area contributed by atoms with Gasteiger partial charge in [0.15, 0.2) is 0 Å². The Bertz CT molecular complexity index is 1260. The molecular formula is C27H28F6N4O2. The van der Waals surface area contributed by atoms with Crippen molar-refractivity contribution in [1.82, 2.24) is 14.5 Å². The van der Waals surface area contributed by atoms with Gasteiger partial charge in [0, 0.05) is 43.6 Å². The van der Waals surface area contributed by atoms with Crippen molar-refractivity contribution in [2.45, 2.75) is 57.9 Å². The molecule has 1 aromatic heterocycles. The molecule has 0 saturated carbocycles. The third-order valence-electron chi connectivity index (χ3n) is 6.60. The first-order valence-electron chi connectivity index (χ1n) is 12.5. The molecule has 1 aliphatic rings. The standard InChI is InChI=1S/C27H28F6N4O2/c1-2-3-5-22-16-37(21-6-4-7-24(12-21)39-27(31,32)33)25(38)17-35(22)15-23-13-34-18-36(23)14-19-8-10-20(11-9-19)26(28,29)30/h4,6-13,18,22H,2-3,5,14-17H2,1H3. The maximum absolute atomic E-state index is 13.1. The zero-order chi connectivity index (χ0) is 28.2. The van der Waals surface area contributed by atoms with Crippen molar-refractivity contribution in [2.24, 2.45) is 0 Å². The Balaban J connectivity index is 1.49. The van der Waals surface area contributed by atoms with E-state index < -0.39 is 23.9 Å². The highest BCUT2D eigenvalue weighted by Crippen LogP contribution is 2.31. The number of amides is 1. The number of hydrogen-bond donors (Lipinski definition) is 0. The van der Waals surface area contributed by atoms with Crippen LogP contribution in [0.4, 0.5) is 32.0 Å². The van der Waals surface area contributed by atoms with Crippen LogP contribution in [0, 0.1) is 0 Å². The van der Waals surface area contributed by atoms with Gasteiger partial charge in [-0.3, -0.25) is 9.69 Å². The molecule has 1 unspecified atom stereocenters. The van der Waals surface area contributed by atoms with Crippen LogP contribution < -0.4 is 9.64 Å². The second kappa shape index (κ2) is 11.7. The lowest BCUT2D eigenvalue weighted by Gasteiger charge is -2.41. The maximum Gasteiger partial charge on any atom is 0.573 e. The number of anilines is 1. The molecule has 0 aliphatic carbocycles. The van der Waals surface area contributed by atoms with Gasteiger partial charge in [0.25, 0.3) is 0 Å². The molecule has 2 heterocycles. The van der Waals surface area contributed by atoms with Crippen LogP contribution in [0.5, 0.6) is 5.75 Å². The van der Waals surface area contributed by atoms with Gasteiger partial charge in [-0.1, -0.05) is 38.0 Å². The highest BCUT2D eigenvalue weighted by molar-refractivity contribution is 5.95. The predicted molar refractivity (Wildman–Crippen MR) is 132 cm³/mol. The smallest absolute Gasteiger partial charge is 0.406 e. The van der Waals surface area contributed by atoms with Crippen LogP contribution in [0.3, 0.4) is 0 Å². The van der Waals surface area contributed by atoms with Crippen molar-refractivity contribution in [1.29, 1.82) is 0 Å². The van der Waals surface area contributed by atoms with E-state index in [9.17, 15) is 31.1 Å². The van der Waals surface area contributed by atoms with Crippen LogP contribution >= 0.6 is 0 Å². The molecule has 210 valence electrons. The van der Waals surface area contributed by atoms with Crippen LogP contribution in [0.1, 0.15) is 43.0 Å². The number of benzene rings is 2. The Morgan fingerprint density at radius 1 is 1.03 bits per heavy atom. The number of unbranched alkanes of at least 4 members (excludes halogenated alkanes) is 1. The van der Waals surface area contributed by atoms with Crippen molar-refractivity contribution in [3.63, 3.8) is 0 Å². The number of carbonyl (C=O) groups excluding carboxylic acids is 1. The van der Waals surface area contributed by atoms with Gasteiger partial charge < -0.3 is 14.2 Å². The monoisotopic (exact) mass is 554 g/mol. The highest BCUT2D eigenvalue weighted by Gasteiger charge is 2.35. The lowest BCUT2D eigenvalue weighted by Crippen LogP contribution is -2.56. The molecule has 1 amide bonds. The molecule has 1 atom stereocenters. The number of carbonyl (C=O) groups is 1. The van der Waals surface area contributed by atoms with Crippen LogP contribution in [-0.4, -0.2) is 45.9 Å². The summed E-state index contributed by atoms with van der Waals surface area (Å²) in [6, 6.07) is 10.2. The molecule has 2 aromatic carbocycles. The van der Waals surface area contributed by atoms with Crippen molar-refractivity contribution < 1.29 is 35.9 Å². The van der Waals surface area contributed by atoms with Gasteiger partial charge in [0.1, 0.15) is 5.75 Å². The average molecular weight is 555 g/mol. The average Bonchev–Trinajstić information content (AvgIpc) is 3.28. The lowest BCUT2D eigenvalue weighted by molar-refractivity contribution is -0.274. The molecular weight excluding hydrogens is 526 g/mol. The molecule has 6 nitrogen and oxygen atoms in total. The minimum absolute atomic E-state index is 0.0458. The molecule has 1 aliphatic heterocycles. The predicted octanol–water partition coefficient (Wildman–Crippen LogP) is 6.26. The maximum atomic E-state index is 13.1. The molecule has 0 N–H and O–H groups in total. The summed E-state index contributed by atoms with van der Waals surface area (Å²) in [5.41, 5.74) is 1.07. The van der Waals surface area contributed by atoms with Gasteiger partial charge in [-0.2, -0.15) is 13.2 Å². The summed E-state index contributed by atoms with van der Waals surface area (Å²) in [5.74, 6) is -0.659. The Morgan fingerprint density at radius 2 is 1.77 bits per heavy atom. The number of alkyl halides is 6. The minimum atomic E-state index is -4.84.